The summed E-state index contributed by atoms with van der Waals surface area (Å²) in [5, 5.41) is 22.7. The molecule has 7 rings (SSSR count). The van der Waals surface area contributed by atoms with Crippen molar-refractivity contribution in [2.24, 2.45) is 13.0 Å². The van der Waals surface area contributed by atoms with Gasteiger partial charge in [-0.15, -0.1) is 0 Å². The minimum absolute atomic E-state index is 0.000239. The second-order valence-electron chi connectivity index (χ2n) is 15.7. The first-order valence-corrected chi connectivity index (χ1v) is 20.2. The van der Waals surface area contributed by atoms with Gasteiger partial charge < -0.3 is 10.4 Å². The lowest BCUT2D eigenvalue weighted by molar-refractivity contribution is -0.124. The highest BCUT2D eigenvalue weighted by molar-refractivity contribution is 7.92. The molecule has 0 bridgehead atoms. The zero-order valence-electron chi connectivity index (χ0n) is 31.9. The number of aliphatic hydroxyl groups is 1. The van der Waals surface area contributed by atoms with E-state index in [1.54, 1.807) is 51.2 Å². The number of pyridine rings is 1. The Balaban J connectivity index is 1.39. The number of carbonyl (C=O) groups is 1. The Kier molecular flexibility index (Phi) is 9.58. The second-order valence-corrected chi connectivity index (χ2v) is 17.8. The molecular weight excluding hydrogens is 767 g/mol. The van der Waals surface area contributed by atoms with E-state index >= 15 is 8.78 Å². The molecule has 3 unspecified atom stereocenters. The molecule has 0 saturated heterocycles. The van der Waals surface area contributed by atoms with Crippen LogP contribution < -0.4 is 10.0 Å². The fourth-order valence-electron chi connectivity index (χ4n) is 8.34. The predicted molar refractivity (Wildman–Crippen MR) is 207 cm³/mol. The fourth-order valence-corrected chi connectivity index (χ4v) is 9.08. The molecule has 56 heavy (non-hydrogen) atoms. The summed E-state index contributed by atoms with van der Waals surface area (Å²) in [6, 6.07) is 10.1. The number of fused-ring (bicyclic) bond motifs is 4. The molecule has 1 saturated carbocycles. The average molecular weight is 808 g/mol. The maximum absolute atomic E-state index is 15.9. The van der Waals surface area contributed by atoms with E-state index in [9.17, 15) is 22.7 Å². The lowest BCUT2D eigenvalue weighted by Gasteiger charge is -2.44. The van der Waals surface area contributed by atoms with Crippen molar-refractivity contribution < 1.29 is 31.5 Å². The third-order valence-corrected chi connectivity index (χ3v) is 11.5. The molecule has 16 heteroatoms. The number of nitrogens with zero attached hydrogens (tertiary/aromatic N) is 5. The molecule has 0 spiro atoms. The van der Waals surface area contributed by atoms with Crippen LogP contribution in [0.15, 0.2) is 42.5 Å². The fraction of sp³-hybridized carbons (Fsp3) is 0.400. The summed E-state index contributed by atoms with van der Waals surface area (Å²) >= 11 is 6.65. The number of hydrogen-bond donors (Lipinski definition) is 3. The number of anilines is 1. The Labute approximate surface area is 327 Å². The van der Waals surface area contributed by atoms with E-state index in [1.807, 2.05) is 6.92 Å². The number of sulfonamides is 1. The van der Waals surface area contributed by atoms with Gasteiger partial charge in [-0.05, 0) is 94.3 Å². The number of amides is 1. The molecule has 3 heterocycles. The number of halogens is 4. The Morgan fingerprint density at radius 2 is 1.86 bits per heavy atom. The summed E-state index contributed by atoms with van der Waals surface area (Å²) in [5.41, 5.74) is 1.67. The average Bonchev–Trinajstić information content (AvgIpc) is 3.60. The normalized spacial score (nSPS) is 19.1. The van der Waals surface area contributed by atoms with Gasteiger partial charge in [0.05, 0.1) is 39.6 Å². The van der Waals surface area contributed by atoms with Gasteiger partial charge >= 0.3 is 0 Å². The van der Waals surface area contributed by atoms with Crippen molar-refractivity contribution in [2.45, 2.75) is 83.4 Å². The Bertz CT molecular complexity index is 2600. The van der Waals surface area contributed by atoms with Crippen LogP contribution in [0.4, 0.5) is 19.0 Å². The maximum atomic E-state index is 15.9. The summed E-state index contributed by atoms with van der Waals surface area (Å²) in [6.45, 7) is 7.76. The van der Waals surface area contributed by atoms with Gasteiger partial charge in [-0.2, -0.15) is 19.0 Å². The third kappa shape index (κ3) is 7.14. The van der Waals surface area contributed by atoms with Crippen molar-refractivity contribution in [3.63, 3.8) is 0 Å². The molecule has 1 fully saturated rings. The van der Waals surface area contributed by atoms with Gasteiger partial charge in [-0.1, -0.05) is 36.6 Å². The largest absolute Gasteiger partial charge is 0.378 e. The number of aryl methyl sites for hydroxylation is 3. The van der Waals surface area contributed by atoms with Gasteiger partial charge in [0.25, 0.3) is 5.92 Å². The monoisotopic (exact) mass is 807 g/mol. The van der Waals surface area contributed by atoms with Gasteiger partial charge in [0.2, 0.25) is 15.9 Å². The lowest BCUT2D eigenvalue weighted by atomic mass is 9.60. The molecule has 2 aliphatic carbocycles. The molecule has 11 nitrogen and oxygen atoms in total. The highest BCUT2D eigenvalue weighted by Gasteiger charge is 2.67. The first-order chi connectivity index (χ1) is 26.1. The number of aromatic nitrogens is 5. The van der Waals surface area contributed by atoms with Crippen LogP contribution >= 0.6 is 11.6 Å². The van der Waals surface area contributed by atoms with E-state index in [4.69, 9.17) is 16.6 Å². The predicted octanol–water partition coefficient (Wildman–Crippen LogP) is 6.61. The van der Waals surface area contributed by atoms with Crippen LogP contribution in [0.3, 0.4) is 0 Å². The van der Waals surface area contributed by atoms with Crippen molar-refractivity contribution in [3.05, 3.63) is 92.8 Å². The number of carbonyl (C=O) groups excluding carboxylic acids is 1. The first-order valence-electron chi connectivity index (χ1n) is 18.0. The quantitative estimate of drug-likeness (QED) is 0.142. The van der Waals surface area contributed by atoms with E-state index < -0.39 is 57.2 Å². The highest BCUT2D eigenvalue weighted by Crippen LogP contribution is 2.66. The standard InChI is InChI=1S/C40H41ClF3N7O4S/c1-21-16-23(18-24(42)17-21)19-29(46-31(52)20-51-36-33(22(2)47-51)39(5)15-13-30(39)40(36,43)44)34-26(9-8-25(45-34)12-14-38(3,4)53)27-10-11-28(41)32-35(27)50(6)48-37(32)49-56(7,54)55/h8-11,16-18,29-30,53H,13,15,19-20H2,1-7H3,(H,46,52)(H,48,49). The van der Waals surface area contributed by atoms with E-state index in [0.717, 1.165) is 10.9 Å². The van der Waals surface area contributed by atoms with Crippen LogP contribution in [0, 0.1) is 37.4 Å². The lowest BCUT2D eigenvalue weighted by Crippen LogP contribution is -2.44. The van der Waals surface area contributed by atoms with Crippen molar-refractivity contribution in [1.82, 2.24) is 29.9 Å². The molecule has 1 amide bonds. The Morgan fingerprint density at radius 3 is 2.50 bits per heavy atom. The van der Waals surface area contributed by atoms with Crippen LogP contribution in [-0.2, 0) is 46.2 Å². The van der Waals surface area contributed by atoms with Gasteiger partial charge in [0.1, 0.15) is 29.4 Å². The van der Waals surface area contributed by atoms with Crippen LogP contribution in [0.5, 0.6) is 0 Å². The van der Waals surface area contributed by atoms with Gasteiger partial charge in [-0.3, -0.25) is 18.9 Å². The van der Waals surface area contributed by atoms with Crippen molar-refractivity contribution in [2.75, 3.05) is 11.0 Å². The SMILES string of the molecule is Cc1cc(F)cc(CC(NC(=O)Cn2nc(C)c3c2C(F)(F)C2CCC32C)c2nc(C#CC(C)(C)O)ccc2-c2ccc(Cl)c3c(NS(C)(=O)=O)nn(C)c23)c1. The minimum atomic E-state index is -3.76. The highest BCUT2D eigenvalue weighted by atomic mass is 35.5. The number of hydrogen-bond acceptors (Lipinski definition) is 7. The maximum Gasteiger partial charge on any atom is 0.293 e. The third-order valence-electron chi connectivity index (χ3n) is 10.6. The van der Waals surface area contributed by atoms with E-state index in [1.165, 1.54) is 30.7 Å². The van der Waals surface area contributed by atoms with Crippen LogP contribution in [0.1, 0.15) is 79.1 Å². The zero-order valence-corrected chi connectivity index (χ0v) is 33.4. The van der Waals surface area contributed by atoms with Gasteiger partial charge in [0.15, 0.2) is 5.82 Å². The number of rotatable bonds is 9. The molecule has 294 valence electrons. The molecule has 3 aromatic heterocycles. The molecule has 3 atom stereocenters. The summed E-state index contributed by atoms with van der Waals surface area (Å²) in [5.74, 6) is 0.466. The van der Waals surface area contributed by atoms with Crippen LogP contribution in [0.25, 0.3) is 22.0 Å². The van der Waals surface area contributed by atoms with E-state index in [-0.39, 0.29) is 34.3 Å². The summed E-state index contributed by atoms with van der Waals surface area (Å²) < 4.78 is 76.2. The number of alkyl halides is 2. The minimum Gasteiger partial charge on any atom is -0.378 e. The molecule has 0 radical (unpaired) electrons. The summed E-state index contributed by atoms with van der Waals surface area (Å²) in [6.07, 6.45) is 1.99. The van der Waals surface area contributed by atoms with Crippen LogP contribution in [0.2, 0.25) is 5.02 Å². The van der Waals surface area contributed by atoms with Crippen molar-refractivity contribution in [1.29, 1.82) is 0 Å². The Morgan fingerprint density at radius 1 is 1.14 bits per heavy atom. The topological polar surface area (TPSA) is 144 Å². The van der Waals surface area contributed by atoms with Crippen molar-refractivity contribution >= 4 is 44.3 Å². The van der Waals surface area contributed by atoms with Crippen molar-refractivity contribution in [3.8, 4) is 23.0 Å². The molecule has 2 aromatic carbocycles. The molecule has 3 N–H and O–H groups in total. The molecule has 0 aliphatic heterocycles. The smallest absolute Gasteiger partial charge is 0.293 e. The summed E-state index contributed by atoms with van der Waals surface area (Å²) in [4.78, 5) is 19.1. The van der Waals surface area contributed by atoms with Gasteiger partial charge in [0, 0.05) is 35.1 Å². The van der Waals surface area contributed by atoms with Gasteiger partial charge in [-0.25, -0.2) is 17.8 Å². The summed E-state index contributed by atoms with van der Waals surface area (Å²) in [7, 11) is -2.14. The van der Waals surface area contributed by atoms with E-state index in [2.05, 4.69) is 32.1 Å². The Hall–Kier alpha value is -4.91. The zero-order chi connectivity index (χ0) is 40.7. The molecule has 2 aliphatic rings. The van der Waals surface area contributed by atoms with Crippen LogP contribution in [-0.4, -0.2) is 55.8 Å². The molecule has 5 aromatic rings. The second kappa shape index (κ2) is 13.6. The number of nitrogens with one attached hydrogen (secondary N) is 2. The molecular formula is C40H41ClF3N7O4S. The van der Waals surface area contributed by atoms with E-state index in [0.29, 0.717) is 57.3 Å². The number of benzene rings is 2. The first kappa shape index (κ1) is 39.3.